The summed E-state index contributed by atoms with van der Waals surface area (Å²) >= 11 is 0. The fraction of sp³-hybridized carbons (Fsp3) is 0.355. The number of benzene rings is 2. The quantitative estimate of drug-likeness (QED) is 0.235. The molecule has 0 atom stereocenters. The minimum atomic E-state index is -4.31. The summed E-state index contributed by atoms with van der Waals surface area (Å²) in [6.07, 6.45) is 0.695. The molecule has 0 saturated carbocycles. The lowest BCUT2D eigenvalue weighted by Gasteiger charge is -2.33. The number of likely N-dealkylation sites (N-methyl/N-ethyl adjacent to an activating group) is 1. The first-order chi connectivity index (χ1) is 21.2. The van der Waals surface area contributed by atoms with E-state index in [2.05, 4.69) is 41.0 Å². The van der Waals surface area contributed by atoms with Gasteiger partial charge >= 0.3 is 5.91 Å². The Morgan fingerprint density at radius 1 is 0.911 bits per heavy atom. The van der Waals surface area contributed by atoms with Crippen LogP contribution in [0.4, 0.5) is 0 Å². The molecule has 0 aliphatic carbocycles. The van der Waals surface area contributed by atoms with E-state index in [0.717, 1.165) is 16.2 Å². The summed E-state index contributed by atoms with van der Waals surface area (Å²) in [6.45, 7) is 7.94. The third kappa shape index (κ3) is 6.10. The molecule has 2 aliphatic heterocycles. The normalized spacial score (nSPS) is 16.8. The zero-order valence-electron chi connectivity index (χ0n) is 25.6. The number of hydrogen-bond acceptors (Lipinski definition) is 8. The SMILES string of the molecule is CN1CCc2nc(C(=O)N3CCN(S(=O)(=O)c4cc5cc(C#C[Si](C)(C)C)ccc5n4S(=O)(=O)c4ccccc4)CC3)oc2C1. The van der Waals surface area contributed by atoms with Crippen LogP contribution in [-0.2, 0) is 33.0 Å². The molecule has 0 unspecified atom stereocenters. The predicted molar refractivity (Wildman–Crippen MR) is 172 cm³/mol. The van der Waals surface area contributed by atoms with Crippen molar-refractivity contribution in [2.24, 2.45) is 0 Å². The topological polar surface area (TPSA) is 126 Å². The van der Waals surface area contributed by atoms with E-state index in [1.807, 2.05) is 7.05 Å². The Labute approximate surface area is 264 Å². The Bertz CT molecular complexity index is 2060. The Morgan fingerprint density at radius 2 is 1.62 bits per heavy atom. The predicted octanol–water partition coefficient (Wildman–Crippen LogP) is 3.23. The molecule has 11 nitrogen and oxygen atoms in total. The van der Waals surface area contributed by atoms with Gasteiger partial charge in [0.05, 0.1) is 22.7 Å². The summed E-state index contributed by atoms with van der Waals surface area (Å²) in [5, 5.41) is 0.0868. The molecule has 0 radical (unpaired) electrons. The van der Waals surface area contributed by atoms with Crippen LogP contribution in [0.3, 0.4) is 0 Å². The second-order valence-electron chi connectivity index (χ2n) is 12.4. The lowest BCUT2D eigenvalue weighted by molar-refractivity contribution is 0.0654. The molecule has 0 bridgehead atoms. The van der Waals surface area contributed by atoms with Crippen LogP contribution in [0.25, 0.3) is 10.9 Å². The van der Waals surface area contributed by atoms with Gasteiger partial charge in [0.15, 0.2) is 5.03 Å². The van der Waals surface area contributed by atoms with Crippen molar-refractivity contribution in [2.45, 2.75) is 42.5 Å². The number of rotatable bonds is 5. The first-order valence-corrected chi connectivity index (χ1v) is 21.1. The van der Waals surface area contributed by atoms with Gasteiger partial charge in [0, 0.05) is 50.1 Å². The van der Waals surface area contributed by atoms with Gasteiger partial charge in [-0.3, -0.25) is 9.69 Å². The highest BCUT2D eigenvalue weighted by Crippen LogP contribution is 2.31. The number of aromatic nitrogens is 2. The summed E-state index contributed by atoms with van der Waals surface area (Å²) in [6, 6.07) is 14.2. The van der Waals surface area contributed by atoms with E-state index in [1.54, 1.807) is 36.4 Å². The van der Waals surface area contributed by atoms with E-state index in [1.165, 1.54) is 27.4 Å². The summed E-state index contributed by atoms with van der Waals surface area (Å²) < 4.78 is 64.3. The van der Waals surface area contributed by atoms with Crippen LogP contribution in [0.5, 0.6) is 0 Å². The average molecular weight is 666 g/mol. The van der Waals surface area contributed by atoms with Crippen LogP contribution in [0.15, 0.2) is 68.9 Å². The maximum Gasteiger partial charge on any atom is 0.309 e. The van der Waals surface area contributed by atoms with Crippen molar-refractivity contribution in [3.8, 4) is 11.5 Å². The van der Waals surface area contributed by atoms with Crippen LogP contribution >= 0.6 is 0 Å². The lowest BCUT2D eigenvalue weighted by atomic mass is 10.2. The van der Waals surface area contributed by atoms with E-state index < -0.39 is 34.0 Å². The molecule has 14 heteroatoms. The maximum atomic E-state index is 14.2. The Morgan fingerprint density at radius 3 is 2.31 bits per heavy atom. The monoisotopic (exact) mass is 665 g/mol. The molecular weight excluding hydrogens is 631 g/mol. The molecule has 6 rings (SSSR count). The molecule has 45 heavy (non-hydrogen) atoms. The molecule has 236 valence electrons. The number of carbonyl (C=O) groups excluding carboxylic acids is 1. The van der Waals surface area contributed by atoms with Crippen molar-refractivity contribution >= 4 is 44.9 Å². The van der Waals surface area contributed by atoms with Crippen LogP contribution in [0.1, 0.15) is 27.7 Å². The molecule has 1 amide bonds. The van der Waals surface area contributed by atoms with Gasteiger partial charge in [-0.1, -0.05) is 43.8 Å². The molecule has 1 fully saturated rings. The van der Waals surface area contributed by atoms with Crippen LogP contribution < -0.4 is 0 Å². The number of oxazole rings is 1. The smallest absolute Gasteiger partial charge is 0.309 e. The van der Waals surface area contributed by atoms with Gasteiger partial charge in [0.25, 0.3) is 25.9 Å². The van der Waals surface area contributed by atoms with E-state index in [9.17, 15) is 21.6 Å². The number of hydrogen-bond donors (Lipinski definition) is 0. The van der Waals surface area contributed by atoms with Crippen molar-refractivity contribution in [3.05, 3.63) is 77.5 Å². The maximum absolute atomic E-state index is 14.2. The number of piperazine rings is 1. The second kappa shape index (κ2) is 11.6. The van der Waals surface area contributed by atoms with Crippen LogP contribution in [-0.4, -0.2) is 93.6 Å². The molecule has 4 heterocycles. The minimum absolute atomic E-state index is 0.00807. The number of amides is 1. The van der Waals surface area contributed by atoms with Crippen LogP contribution in [0.2, 0.25) is 19.6 Å². The second-order valence-corrected chi connectivity index (χ2v) is 20.8. The van der Waals surface area contributed by atoms with Crippen LogP contribution in [0, 0.1) is 11.5 Å². The molecule has 2 aromatic heterocycles. The van der Waals surface area contributed by atoms with E-state index >= 15 is 0 Å². The number of fused-ring (bicyclic) bond motifs is 2. The third-order valence-corrected chi connectivity index (χ3v) is 12.4. The van der Waals surface area contributed by atoms with E-state index in [4.69, 9.17) is 4.42 Å². The number of nitrogens with zero attached hydrogens (tertiary/aromatic N) is 5. The molecule has 1 saturated heterocycles. The molecular formula is C31H35N5O6S2Si. The molecule has 0 spiro atoms. The number of sulfonamides is 1. The van der Waals surface area contributed by atoms with Gasteiger partial charge in [0.1, 0.15) is 13.8 Å². The highest BCUT2D eigenvalue weighted by atomic mass is 32.2. The Kier molecular flexibility index (Phi) is 8.03. The largest absolute Gasteiger partial charge is 0.436 e. The van der Waals surface area contributed by atoms with Crippen molar-refractivity contribution in [3.63, 3.8) is 0 Å². The Hall–Kier alpha value is -3.74. The summed E-state index contributed by atoms with van der Waals surface area (Å²) in [5.74, 6) is 3.46. The first kappa shape index (κ1) is 31.2. The standard InChI is InChI=1S/C31H35N5O6S2Si/c1-33-14-12-26-28(22-33)42-30(32-26)31(37)34-15-17-35(18-16-34)44(40,41)29-21-24-20-23(13-19-45(2,3)4)10-11-27(24)36(29)43(38,39)25-8-6-5-7-9-25/h5-11,20-21H,12,14-18,22H2,1-4H3. The van der Waals surface area contributed by atoms with E-state index in [-0.39, 0.29) is 47.5 Å². The van der Waals surface area contributed by atoms with Gasteiger partial charge in [-0.05, 0) is 43.4 Å². The first-order valence-electron chi connectivity index (χ1n) is 14.7. The van der Waals surface area contributed by atoms with Crippen molar-refractivity contribution in [1.29, 1.82) is 0 Å². The molecule has 0 N–H and O–H groups in total. The highest BCUT2D eigenvalue weighted by Gasteiger charge is 2.37. The van der Waals surface area contributed by atoms with Gasteiger partial charge < -0.3 is 9.32 Å². The van der Waals surface area contributed by atoms with Gasteiger partial charge in [0.2, 0.25) is 0 Å². The molecule has 2 aromatic carbocycles. The molecule has 4 aromatic rings. The zero-order chi connectivity index (χ0) is 32.1. The van der Waals surface area contributed by atoms with Gasteiger partial charge in [-0.25, -0.2) is 25.8 Å². The van der Waals surface area contributed by atoms with Gasteiger partial charge in [-0.2, -0.15) is 4.31 Å². The van der Waals surface area contributed by atoms with Crippen molar-refractivity contribution in [1.82, 2.24) is 23.1 Å². The summed E-state index contributed by atoms with van der Waals surface area (Å²) in [5.41, 5.74) is 4.99. The Balaban J connectivity index is 1.33. The lowest BCUT2D eigenvalue weighted by Crippen LogP contribution is -2.50. The third-order valence-electron chi connectivity index (χ3n) is 7.82. The highest BCUT2D eigenvalue weighted by molar-refractivity contribution is 7.92. The van der Waals surface area contributed by atoms with E-state index in [0.29, 0.717) is 29.7 Å². The summed E-state index contributed by atoms with van der Waals surface area (Å²) in [7, 11) is -8.32. The van der Waals surface area contributed by atoms with Crippen molar-refractivity contribution in [2.75, 3.05) is 39.8 Å². The molecule has 2 aliphatic rings. The minimum Gasteiger partial charge on any atom is -0.436 e. The fourth-order valence-electron chi connectivity index (χ4n) is 5.44. The number of carbonyl (C=O) groups is 1. The summed E-state index contributed by atoms with van der Waals surface area (Å²) in [4.78, 5) is 21.2. The van der Waals surface area contributed by atoms with Crippen molar-refractivity contribution < 1.29 is 26.0 Å². The van der Waals surface area contributed by atoms with Gasteiger partial charge in [-0.15, -0.1) is 5.54 Å². The average Bonchev–Trinajstić information content (AvgIpc) is 3.62. The zero-order valence-corrected chi connectivity index (χ0v) is 28.3. The fourth-order valence-corrected chi connectivity index (χ4v) is 9.46.